The molecule has 1 saturated heterocycles. The highest BCUT2D eigenvalue weighted by molar-refractivity contribution is 5.47. The van der Waals surface area contributed by atoms with E-state index in [1.165, 1.54) is 11.1 Å². The van der Waals surface area contributed by atoms with Crippen LogP contribution < -0.4 is 14.8 Å². The van der Waals surface area contributed by atoms with Gasteiger partial charge in [-0.15, -0.1) is 0 Å². The fourth-order valence-corrected chi connectivity index (χ4v) is 3.98. The molecular formula is C22H27NO3. The molecule has 0 saturated carbocycles. The Morgan fingerprint density at radius 3 is 2.58 bits per heavy atom. The summed E-state index contributed by atoms with van der Waals surface area (Å²) in [6, 6.07) is 17.1. The lowest BCUT2D eigenvalue weighted by Crippen LogP contribution is -2.43. The van der Waals surface area contributed by atoms with Crippen LogP contribution in [0.3, 0.4) is 0 Å². The fourth-order valence-electron chi connectivity index (χ4n) is 3.98. The van der Waals surface area contributed by atoms with E-state index in [0.29, 0.717) is 12.7 Å². The normalized spacial score (nSPS) is 19.3. The minimum atomic E-state index is 0.0929. The van der Waals surface area contributed by atoms with Crippen LogP contribution in [0.15, 0.2) is 48.5 Å². The number of benzene rings is 2. The molecule has 1 atom stereocenters. The van der Waals surface area contributed by atoms with Gasteiger partial charge in [0.25, 0.3) is 0 Å². The summed E-state index contributed by atoms with van der Waals surface area (Å²) in [5, 5.41) is 3.73. The van der Waals surface area contributed by atoms with E-state index in [-0.39, 0.29) is 5.41 Å². The molecular weight excluding hydrogens is 326 g/mol. The van der Waals surface area contributed by atoms with Gasteiger partial charge in [0.2, 0.25) is 6.79 Å². The van der Waals surface area contributed by atoms with Gasteiger partial charge in [-0.2, -0.15) is 0 Å². The summed E-state index contributed by atoms with van der Waals surface area (Å²) in [6.45, 7) is 6.14. The van der Waals surface area contributed by atoms with E-state index in [1.54, 1.807) is 0 Å². The van der Waals surface area contributed by atoms with Crippen LogP contribution in [0.2, 0.25) is 0 Å². The van der Waals surface area contributed by atoms with E-state index in [0.717, 1.165) is 50.6 Å². The molecule has 2 aromatic carbocycles. The van der Waals surface area contributed by atoms with Crippen LogP contribution in [0.4, 0.5) is 0 Å². The van der Waals surface area contributed by atoms with Crippen LogP contribution in [0.25, 0.3) is 0 Å². The second-order valence-electron chi connectivity index (χ2n) is 7.40. The number of nitrogens with one attached hydrogen (secondary N) is 1. The second kappa shape index (κ2) is 7.68. The Morgan fingerprint density at radius 2 is 1.77 bits per heavy atom. The first-order chi connectivity index (χ1) is 12.8. The van der Waals surface area contributed by atoms with Gasteiger partial charge in [-0.05, 0) is 42.0 Å². The van der Waals surface area contributed by atoms with Gasteiger partial charge in [0, 0.05) is 31.7 Å². The standard InChI is InChI=1S/C22H27NO3/c1-17(18-5-3-2-4-6-18)14-23-15-22(9-11-24-12-10-22)19-7-8-20-21(13-19)26-16-25-20/h2-8,13,17,23H,9-12,14-16H2,1H3. The van der Waals surface area contributed by atoms with Crippen molar-refractivity contribution in [2.24, 2.45) is 0 Å². The first-order valence-corrected chi connectivity index (χ1v) is 9.50. The Balaban J connectivity index is 1.46. The molecule has 0 aromatic heterocycles. The predicted octanol–water partition coefficient (Wildman–Crippen LogP) is 3.86. The van der Waals surface area contributed by atoms with Crippen LogP contribution in [-0.2, 0) is 10.2 Å². The SMILES string of the molecule is CC(CNCC1(c2ccc3c(c2)OCO3)CCOCC1)c1ccccc1. The zero-order valence-corrected chi connectivity index (χ0v) is 15.4. The summed E-state index contributed by atoms with van der Waals surface area (Å²) >= 11 is 0. The summed E-state index contributed by atoms with van der Waals surface area (Å²) in [6.07, 6.45) is 2.05. The van der Waals surface area contributed by atoms with Crippen molar-refractivity contribution in [3.63, 3.8) is 0 Å². The minimum Gasteiger partial charge on any atom is -0.454 e. The third-order valence-electron chi connectivity index (χ3n) is 5.72. The molecule has 1 N–H and O–H groups in total. The lowest BCUT2D eigenvalue weighted by Gasteiger charge is -2.38. The number of rotatable bonds is 6. The molecule has 0 aliphatic carbocycles. The molecule has 0 spiro atoms. The topological polar surface area (TPSA) is 39.7 Å². The molecule has 2 aliphatic rings. The molecule has 26 heavy (non-hydrogen) atoms. The van der Waals surface area contributed by atoms with Crippen molar-refractivity contribution < 1.29 is 14.2 Å². The Hall–Kier alpha value is -2.04. The van der Waals surface area contributed by atoms with Crippen molar-refractivity contribution in [3.8, 4) is 11.5 Å². The van der Waals surface area contributed by atoms with Gasteiger partial charge in [0.15, 0.2) is 11.5 Å². The van der Waals surface area contributed by atoms with Crippen molar-refractivity contribution in [1.29, 1.82) is 0 Å². The number of hydrogen-bond donors (Lipinski definition) is 1. The van der Waals surface area contributed by atoms with Gasteiger partial charge in [0.1, 0.15) is 0 Å². The van der Waals surface area contributed by atoms with Crippen molar-refractivity contribution in [2.75, 3.05) is 33.1 Å². The van der Waals surface area contributed by atoms with Gasteiger partial charge < -0.3 is 19.5 Å². The molecule has 1 unspecified atom stereocenters. The van der Waals surface area contributed by atoms with Gasteiger partial charge in [-0.25, -0.2) is 0 Å². The Kier molecular flexibility index (Phi) is 5.14. The van der Waals surface area contributed by atoms with Crippen LogP contribution in [-0.4, -0.2) is 33.1 Å². The Labute approximate surface area is 155 Å². The summed E-state index contributed by atoms with van der Waals surface area (Å²) in [7, 11) is 0. The smallest absolute Gasteiger partial charge is 0.231 e. The van der Waals surface area contributed by atoms with Crippen LogP contribution in [0.1, 0.15) is 36.8 Å². The number of fused-ring (bicyclic) bond motifs is 1. The average Bonchev–Trinajstić information content (AvgIpc) is 3.17. The Bertz CT molecular complexity index is 725. The maximum atomic E-state index is 5.65. The van der Waals surface area contributed by atoms with Gasteiger partial charge >= 0.3 is 0 Å². The summed E-state index contributed by atoms with van der Waals surface area (Å²) in [5.41, 5.74) is 2.80. The van der Waals surface area contributed by atoms with Crippen molar-refractivity contribution in [1.82, 2.24) is 5.32 Å². The van der Waals surface area contributed by atoms with E-state index in [2.05, 4.69) is 54.7 Å². The molecule has 2 aliphatic heterocycles. The minimum absolute atomic E-state index is 0.0929. The molecule has 0 radical (unpaired) electrons. The van der Waals surface area contributed by atoms with E-state index in [9.17, 15) is 0 Å². The highest BCUT2D eigenvalue weighted by Gasteiger charge is 2.35. The maximum absolute atomic E-state index is 5.65. The quantitative estimate of drug-likeness (QED) is 0.856. The summed E-state index contributed by atoms with van der Waals surface area (Å²) in [4.78, 5) is 0. The van der Waals surface area contributed by atoms with Gasteiger partial charge in [-0.3, -0.25) is 0 Å². The highest BCUT2D eigenvalue weighted by Crippen LogP contribution is 2.40. The number of ether oxygens (including phenoxy) is 3. The zero-order chi connectivity index (χ0) is 17.8. The highest BCUT2D eigenvalue weighted by atomic mass is 16.7. The van der Waals surface area contributed by atoms with E-state index < -0.39 is 0 Å². The van der Waals surface area contributed by atoms with Gasteiger partial charge in [-0.1, -0.05) is 43.3 Å². The molecule has 138 valence electrons. The maximum Gasteiger partial charge on any atom is 0.231 e. The van der Waals surface area contributed by atoms with Crippen LogP contribution >= 0.6 is 0 Å². The van der Waals surface area contributed by atoms with E-state index in [1.807, 2.05) is 6.07 Å². The third-order valence-corrected chi connectivity index (χ3v) is 5.72. The first-order valence-electron chi connectivity index (χ1n) is 9.50. The van der Waals surface area contributed by atoms with Crippen LogP contribution in [0, 0.1) is 0 Å². The van der Waals surface area contributed by atoms with Crippen molar-refractivity contribution in [2.45, 2.75) is 31.1 Å². The van der Waals surface area contributed by atoms with E-state index in [4.69, 9.17) is 14.2 Å². The molecule has 4 rings (SSSR count). The lowest BCUT2D eigenvalue weighted by atomic mass is 9.74. The number of hydrogen-bond acceptors (Lipinski definition) is 4. The molecule has 0 bridgehead atoms. The molecule has 1 fully saturated rings. The molecule has 2 aromatic rings. The lowest BCUT2D eigenvalue weighted by molar-refractivity contribution is 0.0498. The average molecular weight is 353 g/mol. The fraction of sp³-hybridized carbons (Fsp3) is 0.455. The van der Waals surface area contributed by atoms with Crippen molar-refractivity contribution in [3.05, 3.63) is 59.7 Å². The molecule has 4 nitrogen and oxygen atoms in total. The first kappa shape index (κ1) is 17.4. The summed E-state index contributed by atoms with van der Waals surface area (Å²) < 4.78 is 16.7. The zero-order valence-electron chi connectivity index (χ0n) is 15.4. The summed E-state index contributed by atoms with van der Waals surface area (Å²) in [5.74, 6) is 2.21. The largest absolute Gasteiger partial charge is 0.454 e. The van der Waals surface area contributed by atoms with Gasteiger partial charge in [0.05, 0.1) is 0 Å². The van der Waals surface area contributed by atoms with Crippen molar-refractivity contribution >= 4 is 0 Å². The molecule has 2 heterocycles. The molecule has 0 amide bonds. The monoisotopic (exact) mass is 353 g/mol. The van der Waals surface area contributed by atoms with E-state index >= 15 is 0 Å². The Morgan fingerprint density at radius 1 is 1.00 bits per heavy atom. The predicted molar refractivity (Wildman–Crippen MR) is 102 cm³/mol. The molecule has 4 heteroatoms. The third kappa shape index (κ3) is 3.57. The second-order valence-corrected chi connectivity index (χ2v) is 7.40. The van der Waals surface area contributed by atoms with Crippen LogP contribution in [0.5, 0.6) is 11.5 Å².